The Morgan fingerprint density at radius 1 is 1.37 bits per heavy atom. The van der Waals surface area contributed by atoms with E-state index >= 15 is 0 Å². The Bertz CT molecular complexity index is 452. The molecule has 0 saturated carbocycles. The highest BCUT2D eigenvalue weighted by molar-refractivity contribution is 5.94. The number of Topliss-reactive ketones (excluding diaryl/α,β-unsaturated/α-hetero) is 1. The van der Waals surface area contributed by atoms with Gasteiger partial charge >= 0.3 is 0 Å². The number of carbonyl (C=O) groups is 1. The Hall–Kier alpha value is -1.35. The molecule has 106 valence electrons. The van der Waals surface area contributed by atoms with Crippen molar-refractivity contribution in [3.05, 3.63) is 29.3 Å². The molecule has 0 bridgehead atoms. The van der Waals surface area contributed by atoms with Crippen molar-refractivity contribution in [3.63, 3.8) is 0 Å². The summed E-state index contributed by atoms with van der Waals surface area (Å²) < 4.78 is 5.39. The van der Waals surface area contributed by atoms with E-state index in [1.165, 1.54) is 0 Å². The number of carbonyl (C=O) groups excluding carboxylic acids is 1. The van der Waals surface area contributed by atoms with Crippen molar-refractivity contribution < 1.29 is 9.53 Å². The van der Waals surface area contributed by atoms with Crippen molar-refractivity contribution in [1.82, 2.24) is 4.90 Å². The number of ether oxygens (including phenoxy) is 1. The van der Waals surface area contributed by atoms with Crippen LogP contribution in [0.15, 0.2) is 18.2 Å². The smallest absolute Gasteiger partial charge is 0.159 e. The van der Waals surface area contributed by atoms with Crippen LogP contribution in [0.3, 0.4) is 0 Å². The number of nitrogens with zero attached hydrogens (tertiary/aromatic N) is 1. The zero-order valence-corrected chi connectivity index (χ0v) is 12.9. The van der Waals surface area contributed by atoms with E-state index < -0.39 is 0 Å². The molecule has 0 atom stereocenters. The van der Waals surface area contributed by atoms with E-state index in [4.69, 9.17) is 4.74 Å². The molecule has 0 unspecified atom stereocenters. The van der Waals surface area contributed by atoms with Crippen LogP contribution in [0.1, 0.15) is 50.0 Å². The van der Waals surface area contributed by atoms with E-state index in [2.05, 4.69) is 32.7 Å². The average Bonchev–Trinajstić information content (AvgIpc) is 2.38. The summed E-state index contributed by atoms with van der Waals surface area (Å²) in [6, 6.07) is 5.62. The minimum absolute atomic E-state index is 0.0845. The highest BCUT2D eigenvalue weighted by atomic mass is 16.5. The summed E-state index contributed by atoms with van der Waals surface area (Å²) in [5.41, 5.74) is 1.91. The topological polar surface area (TPSA) is 29.5 Å². The van der Waals surface area contributed by atoms with Crippen molar-refractivity contribution in [1.29, 1.82) is 0 Å². The minimum atomic E-state index is 0.0845. The molecule has 0 aliphatic carbocycles. The molecule has 1 aromatic rings. The molecule has 0 amide bonds. The summed E-state index contributed by atoms with van der Waals surface area (Å²) in [4.78, 5) is 13.8. The Labute approximate surface area is 116 Å². The molecule has 3 nitrogen and oxygen atoms in total. The van der Waals surface area contributed by atoms with Crippen LogP contribution in [0.2, 0.25) is 0 Å². The molecule has 19 heavy (non-hydrogen) atoms. The van der Waals surface area contributed by atoms with Gasteiger partial charge in [-0.05, 0) is 52.4 Å². The van der Waals surface area contributed by atoms with E-state index in [1.54, 1.807) is 14.0 Å². The van der Waals surface area contributed by atoms with E-state index in [0.717, 1.165) is 29.8 Å². The molecule has 3 heteroatoms. The van der Waals surface area contributed by atoms with Gasteiger partial charge in [0.1, 0.15) is 5.75 Å². The van der Waals surface area contributed by atoms with Gasteiger partial charge in [0.15, 0.2) is 5.78 Å². The van der Waals surface area contributed by atoms with Crippen LogP contribution in [-0.2, 0) is 6.54 Å². The van der Waals surface area contributed by atoms with E-state index in [9.17, 15) is 4.79 Å². The van der Waals surface area contributed by atoms with Gasteiger partial charge in [0.2, 0.25) is 0 Å². The molecule has 0 N–H and O–H groups in total. The fraction of sp³-hybridized carbons (Fsp3) is 0.562. The normalized spacial score (nSPS) is 11.7. The van der Waals surface area contributed by atoms with Crippen LogP contribution in [0.5, 0.6) is 5.75 Å². The van der Waals surface area contributed by atoms with Crippen molar-refractivity contribution in [2.24, 2.45) is 0 Å². The predicted molar refractivity (Wildman–Crippen MR) is 78.8 cm³/mol. The van der Waals surface area contributed by atoms with Gasteiger partial charge in [0.05, 0.1) is 7.11 Å². The SMILES string of the molecule is CCC(C)(C)N(C)Cc1cc(C(C)=O)ccc1OC. The number of ketones is 1. The fourth-order valence-corrected chi connectivity index (χ4v) is 1.86. The van der Waals surface area contributed by atoms with E-state index in [0.29, 0.717) is 0 Å². The molecule has 0 aliphatic rings. The molecule has 0 fully saturated rings. The van der Waals surface area contributed by atoms with Gasteiger partial charge in [-0.25, -0.2) is 0 Å². The zero-order chi connectivity index (χ0) is 14.6. The number of benzene rings is 1. The molecular formula is C16H25NO2. The first-order chi connectivity index (χ1) is 8.81. The number of rotatable bonds is 6. The van der Waals surface area contributed by atoms with E-state index in [-0.39, 0.29) is 11.3 Å². The van der Waals surface area contributed by atoms with E-state index in [1.807, 2.05) is 18.2 Å². The highest BCUT2D eigenvalue weighted by Crippen LogP contribution is 2.25. The lowest BCUT2D eigenvalue weighted by Gasteiger charge is -2.35. The average molecular weight is 263 g/mol. The maximum Gasteiger partial charge on any atom is 0.159 e. The summed E-state index contributed by atoms with van der Waals surface area (Å²) in [6.07, 6.45) is 1.07. The van der Waals surface area contributed by atoms with Gasteiger partial charge in [-0.3, -0.25) is 9.69 Å². The largest absolute Gasteiger partial charge is 0.496 e. The van der Waals surface area contributed by atoms with Gasteiger partial charge in [-0.2, -0.15) is 0 Å². The highest BCUT2D eigenvalue weighted by Gasteiger charge is 2.22. The molecule has 0 saturated heterocycles. The summed E-state index contributed by atoms with van der Waals surface area (Å²) in [6.45, 7) is 8.97. The van der Waals surface area contributed by atoms with Crippen molar-refractivity contribution >= 4 is 5.78 Å². The maximum absolute atomic E-state index is 11.5. The second-order valence-corrected chi connectivity index (χ2v) is 5.60. The third-order valence-corrected chi connectivity index (χ3v) is 3.99. The summed E-state index contributed by atoms with van der Waals surface area (Å²) in [7, 11) is 3.76. The van der Waals surface area contributed by atoms with Crippen molar-refractivity contribution in [3.8, 4) is 5.75 Å². The molecule has 0 aliphatic heterocycles. The first kappa shape index (κ1) is 15.7. The molecule has 0 heterocycles. The molecule has 0 aromatic heterocycles. The maximum atomic E-state index is 11.5. The standard InChI is InChI=1S/C16H25NO2/c1-7-16(3,4)17(5)11-14-10-13(12(2)18)8-9-15(14)19-6/h8-10H,7,11H2,1-6H3. The Morgan fingerprint density at radius 3 is 2.47 bits per heavy atom. The summed E-state index contributed by atoms with van der Waals surface area (Å²) in [5, 5.41) is 0. The third-order valence-electron chi connectivity index (χ3n) is 3.99. The molecule has 1 aromatic carbocycles. The lowest BCUT2D eigenvalue weighted by Crippen LogP contribution is -2.39. The molecule has 0 spiro atoms. The number of hydrogen-bond donors (Lipinski definition) is 0. The predicted octanol–water partition coefficient (Wildman–Crippen LogP) is 3.52. The second kappa shape index (κ2) is 6.20. The molecule has 1 rings (SSSR count). The Kier molecular flexibility index (Phi) is 5.12. The van der Waals surface area contributed by atoms with Crippen LogP contribution >= 0.6 is 0 Å². The minimum Gasteiger partial charge on any atom is -0.496 e. The van der Waals surface area contributed by atoms with Gasteiger partial charge < -0.3 is 4.74 Å². The van der Waals surface area contributed by atoms with Gasteiger partial charge in [-0.15, -0.1) is 0 Å². The van der Waals surface area contributed by atoms with Gasteiger partial charge in [-0.1, -0.05) is 6.92 Å². The van der Waals surface area contributed by atoms with Gasteiger partial charge in [0.25, 0.3) is 0 Å². The quantitative estimate of drug-likeness (QED) is 0.735. The third kappa shape index (κ3) is 3.80. The lowest BCUT2D eigenvalue weighted by atomic mass is 9.98. The van der Waals surface area contributed by atoms with Crippen LogP contribution in [0.25, 0.3) is 0 Å². The molecular weight excluding hydrogens is 238 g/mol. The lowest BCUT2D eigenvalue weighted by molar-refractivity contribution is 0.101. The van der Waals surface area contributed by atoms with Crippen LogP contribution < -0.4 is 4.74 Å². The monoisotopic (exact) mass is 263 g/mol. The fourth-order valence-electron chi connectivity index (χ4n) is 1.86. The van der Waals surface area contributed by atoms with Crippen molar-refractivity contribution in [2.45, 2.75) is 46.2 Å². The summed E-state index contributed by atoms with van der Waals surface area (Å²) >= 11 is 0. The first-order valence-electron chi connectivity index (χ1n) is 6.71. The number of methoxy groups -OCH3 is 1. The van der Waals surface area contributed by atoms with Crippen LogP contribution in [-0.4, -0.2) is 30.4 Å². The second-order valence-electron chi connectivity index (χ2n) is 5.60. The Morgan fingerprint density at radius 2 is 2.00 bits per heavy atom. The summed E-state index contributed by atoms with van der Waals surface area (Å²) in [5.74, 6) is 0.921. The van der Waals surface area contributed by atoms with Crippen LogP contribution in [0, 0.1) is 0 Å². The number of hydrogen-bond acceptors (Lipinski definition) is 3. The van der Waals surface area contributed by atoms with Gasteiger partial charge in [0, 0.05) is 23.2 Å². The first-order valence-corrected chi connectivity index (χ1v) is 6.71. The van der Waals surface area contributed by atoms with Crippen molar-refractivity contribution in [2.75, 3.05) is 14.2 Å². The zero-order valence-electron chi connectivity index (χ0n) is 12.9. The van der Waals surface area contributed by atoms with Crippen LogP contribution in [0.4, 0.5) is 0 Å². The molecule has 0 radical (unpaired) electrons. The Balaban J connectivity index is 3.04.